The molecule has 0 aromatic heterocycles. The zero-order chi connectivity index (χ0) is 6.24. The summed E-state index contributed by atoms with van der Waals surface area (Å²) >= 11 is 0. The first-order chi connectivity index (χ1) is 3.91. The summed E-state index contributed by atoms with van der Waals surface area (Å²) in [5.74, 6) is 0. The van der Waals surface area contributed by atoms with E-state index in [9.17, 15) is 0 Å². The highest BCUT2D eigenvalue weighted by Crippen LogP contribution is 1.68. The third-order valence-electron chi connectivity index (χ3n) is 0.732. The maximum absolute atomic E-state index is 8.22. The van der Waals surface area contributed by atoms with E-state index in [0.29, 0.717) is 13.2 Å². The number of aliphatic hydroxyl groups is 1. The van der Waals surface area contributed by atoms with E-state index in [-0.39, 0.29) is 19.0 Å². The maximum atomic E-state index is 8.22. The lowest BCUT2D eigenvalue weighted by molar-refractivity contribution is 0.0948. The van der Waals surface area contributed by atoms with Crippen molar-refractivity contribution in [2.75, 3.05) is 33.4 Å². The van der Waals surface area contributed by atoms with Crippen molar-refractivity contribution in [3.8, 4) is 0 Å². The lowest BCUT2D eigenvalue weighted by Gasteiger charge is -1.98. The van der Waals surface area contributed by atoms with E-state index in [1.54, 1.807) is 0 Å². The summed E-state index contributed by atoms with van der Waals surface area (Å²) in [6, 6.07) is 0. The van der Waals surface area contributed by atoms with Crippen molar-refractivity contribution in [3.63, 3.8) is 0 Å². The molecule has 0 rings (SSSR count). The van der Waals surface area contributed by atoms with Crippen LogP contribution in [0, 0.1) is 0 Å². The first-order valence-corrected chi connectivity index (χ1v) is 2.75. The number of rotatable bonds is 5. The third-order valence-corrected chi connectivity index (χ3v) is 0.732. The summed E-state index contributed by atoms with van der Waals surface area (Å²) in [5.41, 5.74) is 0. The second-order valence-electron chi connectivity index (χ2n) is 1.44. The molecule has 0 spiro atoms. The van der Waals surface area contributed by atoms with Gasteiger partial charge >= 0.3 is 0 Å². The molecule has 0 fully saturated rings. The van der Waals surface area contributed by atoms with Crippen LogP contribution in [0.4, 0.5) is 0 Å². The summed E-state index contributed by atoms with van der Waals surface area (Å²) in [7, 11) is 1.86. The van der Waals surface area contributed by atoms with Gasteiger partial charge in [-0.1, -0.05) is 0 Å². The zero-order valence-corrected chi connectivity index (χ0v) is 6.41. The Labute approximate surface area is 61.8 Å². The van der Waals surface area contributed by atoms with E-state index in [1.165, 1.54) is 0 Å². The molecule has 0 aromatic rings. The number of hydrogen-bond acceptors (Lipinski definition) is 3. The maximum Gasteiger partial charge on any atom is 0.0698 e. The van der Waals surface area contributed by atoms with Crippen molar-refractivity contribution < 1.29 is 9.84 Å². The van der Waals surface area contributed by atoms with E-state index in [4.69, 9.17) is 9.84 Å². The van der Waals surface area contributed by atoms with Gasteiger partial charge < -0.3 is 15.2 Å². The molecular weight excluding hydrogens is 142 g/mol. The van der Waals surface area contributed by atoms with Crippen LogP contribution in [0.1, 0.15) is 0 Å². The highest BCUT2D eigenvalue weighted by molar-refractivity contribution is 5.85. The van der Waals surface area contributed by atoms with Crippen LogP contribution in [0.2, 0.25) is 0 Å². The summed E-state index contributed by atoms with van der Waals surface area (Å²) in [6.45, 7) is 2.09. The predicted molar refractivity (Wildman–Crippen MR) is 39.1 cm³/mol. The second-order valence-corrected chi connectivity index (χ2v) is 1.44. The number of halogens is 1. The highest BCUT2D eigenvalue weighted by Gasteiger charge is 1.81. The Morgan fingerprint density at radius 2 is 2.11 bits per heavy atom. The van der Waals surface area contributed by atoms with Crippen LogP contribution in [0.3, 0.4) is 0 Å². The molecule has 0 bridgehead atoms. The SMILES string of the molecule is CNCCOCCO.Cl. The van der Waals surface area contributed by atoms with Gasteiger partial charge in [0.15, 0.2) is 0 Å². The number of nitrogens with one attached hydrogen (secondary N) is 1. The minimum absolute atomic E-state index is 0. The van der Waals surface area contributed by atoms with E-state index in [0.717, 1.165) is 6.54 Å². The number of likely N-dealkylation sites (N-methyl/N-ethyl adjacent to an activating group) is 1. The Kier molecular flexibility index (Phi) is 14.6. The van der Waals surface area contributed by atoms with Crippen LogP contribution in [0.25, 0.3) is 0 Å². The van der Waals surface area contributed by atoms with Crippen molar-refractivity contribution in [1.29, 1.82) is 0 Å². The average Bonchev–Trinajstić information content (AvgIpc) is 1.81. The van der Waals surface area contributed by atoms with Crippen LogP contribution in [-0.4, -0.2) is 38.5 Å². The number of ether oxygens (including phenoxy) is 1. The Morgan fingerprint density at radius 3 is 2.56 bits per heavy atom. The zero-order valence-electron chi connectivity index (χ0n) is 5.59. The first kappa shape index (κ1) is 11.9. The van der Waals surface area contributed by atoms with Gasteiger partial charge in [-0.25, -0.2) is 0 Å². The summed E-state index contributed by atoms with van der Waals surface area (Å²) in [5, 5.41) is 11.1. The summed E-state index contributed by atoms with van der Waals surface area (Å²) in [6.07, 6.45) is 0. The van der Waals surface area contributed by atoms with Crippen molar-refractivity contribution >= 4 is 12.4 Å². The molecule has 0 aliphatic rings. The van der Waals surface area contributed by atoms with Crippen molar-refractivity contribution in [3.05, 3.63) is 0 Å². The van der Waals surface area contributed by atoms with Gasteiger partial charge in [-0.3, -0.25) is 0 Å². The Balaban J connectivity index is 0. The standard InChI is InChI=1S/C5H13NO2.ClH/c1-6-2-4-8-5-3-7;/h6-7H,2-5H2,1H3;1H. The lowest BCUT2D eigenvalue weighted by Crippen LogP contribution is -2.15. The van der Waals surface area contributed by atoms with Gasteiger partial charge in [0.05, 0.1) is 19.8 Å². The molecule has 2 N–H and O–H groups in total. The van der Waals surface area contributed by atoms with Crippen molar-refractivity contribution in [1.82, 2.24) is 5.32 Å². The van der Waals surface area contributed by atoms with Crippen LogP contribution in [0.15, 0.2) is 0 Å². The second kappa shape index (κ2) is 11.0. The molecule has 0 saturated heterocycles. The molecule has 0 saturated carbocycles. The molecule has 4 heteroatoms. The third kappa shape index (κ3) is 11.6. The molecule has 0 aliphatic heterocycles. The van der Waals surface area contributed by atoms with Crippen LogP contribution in [0.5, 0.6) is 0 Å². The Bertz CT molecular complexity index is 39.9. The van der Waals surface area contributed by atoms with Crippen molar-refractivity contribution in [2.24, 2.45) is 0 Å². The molecule has 0 aliphatic carbocycles. The number of aliphatic hydroxyl groups excluding tert-OH is 1. The van der Waals surface area contributed by atoms with Gasteiger partial charge in [0.2, 0.25) is 0 Å². The quantitative estimate of drug-likeness (QED) is 0.533. The molecule has 0 unspecified atom stereocenters. The number of hydrogen-bond donors (Lipinski definition) is 2. The van der Waals surface area contributed by atoms with Gasteiger partial charge in [0.25, 0.3) is 0 Å². The molecule has 0 atom stereocenters. The van der Waals surface area contributed by atoms with Crippen LogP contribution in [-0.2, 0) is 4.74 Å². The Hall–Kier alpha value is 0.170. The van der Waals surface area contributed by atoms with E-state index >= 15 is 0 Å². The molecule has 0 aromatic carbocycles. The predicted octanol–water partition coefficient (Wildman–Crippen LogP) is -0.364. The van der Waals surface area contributed by atoms with Gasteiger partial charge in [-0.15, -0.1) is 12.4 Å². The van der Waals surface area contributed by atoms with Crippen LogP contribution >= 0.6 is 12.4 Å². The molecule has 9 heavy (non-hydrogen) atoms. The Morgan fingerprint density at radius 1 is 1.44 bits per heavy atom. The molecule has 58 valence electrons. The summed E-state index contributed by atoms with van der Waals surface area (Å²) < 4.78 is 4.91. The van der Waals surface area contributed by atoms with E-state index in [1.807, 2.05) is 7.05 Å². The lowest BCUT2D eigenvalue weighted by atomic mass is 10.7. The monoisotopic (exact) mass is 155 g/mol. The topological polar surface area (TPSA) is 41.5 Å². The average molecular weight is 156 g/mol. The fourth-order valence-electron chi connectivity index (χ4n) is 0.341. The highest BCUT2D eigenvalue weighted by atomic mass is 35.5. The van der Waals surface area contributed by atoms with Gasteiger partial charge in [-0.2, -0.15) is 0 Å². The minimum Gasteiger partial charge on any atom is -0.394 e. The molecular formula is C5H14ClNO2. The fraction of sp³-hybridized carbons (Fsp3) is 1.00. The van der Waals surface area contributed by atoms with Gasteiger partial charge in [0, 0.05) is 6.54 Å². The van der Waals surface area contributed by atoms with Gasteiger partial charge in [-0.05, 0) is 7.05 Å². The van der Waals surface area contributed by atoms with Crippen molar-refractivity contribution in [2.45, 2.75) is 0 Å². The molecule has 0 amide bonds. The van der Waals surface area contributed by atoms with Gasteiger partial charge in [0.1, 0.15) is 0 Å². The fourth-order valence-corrected chi connectivity index (χ4v) is 0.341. The summed E-state index contributed by atoms with van der Waals surface area (Å²) in [4.78, 5) is 0. The molecule has 0 heterocycles. The first-order valence-electron chi connectivity index (χ1n) is 2.75. The molecule has 3 nitrogen and oxygen atoms in total. The largest absolute Gasteiger partial charge is 0.394 e. The minimum atomic E-state index is 0. The normalized spacial score (nSPS) is 8.67. The van der Waals surface area contributed by atoms with E-state index < -0.39 is 0 Å². The molecule has 0 radical (unpaired) electrons. The van der Waals surface area contributed by atoms with E-state index in [2.05, 4.69) is 5.32 Å². The van der Waals surface area contributed by atoms with Crippen LogP contribution < -0.4 is 5.32 Å². The smallest absolute Gasteiger partial charge is 0.0698 e.